The number of ether oxygens (including phenoxy) is 3. The van der Waals surface area contributed by atoms with Gasteiger partial charge >= 0.3 is 142 Å². The number of carbonyl (C=O) groups is 1. The third-order valence-electron chi connectivity index (χ3n) is 4.64. The summed E-state index contributed by atoms with van der Waals surface area (Å²) in [6.07, 6.45) is 5.06. The minimum absolute atomic E-state index is 0.131. The molecule has 0 aromatic rings. The summed E-state index contributed by atoms with van der Waals surface area (Å²) in [5.74, 6) is -0.131. The number of hydrogen-bond donors (Lipinski definition) is 0. The van der Waals surface area contributed by atoms with Crippen LogP contribution in [0.25, 0.3) is 0 Å². The van der Waals surface area contributed by atoms with Crippen LogP contribution in [-0.4, -0.2) is 70.8 Å². The molecule has 0 amide bonds. The first-order valence-electron chi connectivity index (χ1n) is 8.89. The second-order valence-corrected chi connectivity index (χ2v) is 12.0. The molecule has 0 saturated heterocycles. The Hall–Kier alpha value is -0.220. The first kappa shape index (κ1) is 22.8. The van der Waals surface area contributed by atoms with Gasteiger partial charge in [0.1, 0.15) is 0 Å². The second kappa shape index (κ2) is 12.2. The summed E-state index contributed by atoms with van der Waals surface area (Å²) in [7, 11) is 1.63. The molecule has 0 aliphatic heterocycles. The van der Waals surface area contributed by atoms with Gasteiger partial charge in [0.15, 0.2) is 0 Å². The van der Waals surface area contributed by atoms with Gasteiger partial charge in [-0.2, -0.15) is 0 Å². The molecule has 0 aliphatic rings. The fraction of sp³-hybridized carbons (Fsp3) is 0.941. The first-order valence-corrected chi connectivity index (χ1v) is 11.8. The third kappa shape index (κ3) is 7.93. The molecule has 0 aromatic carbocycles. The fourth-order valence-electron chi connectivity index (χ4n) is 2.93. The average Bonchev–Trinajstić information content (AvgIpc) is 2.55. The SMILES string of the molecule is CCCP(CC)(CC)(CCOCC)OC(=O)CCOCCOC. The fourth-order valence-corrected chi connectivity index (χ4v) is 7.69. The van der Waals surface area contributed by atoms with Crippen molar-refractivity contribution in [3.63, 3.8) is 0 Å². The van der Waals surface area contributed by atoms with E-state index in [1.807, 2.05) is 6.92 Å². The van der Waals surface area contributed by atoms with Gasteiger partial charge in [-0.05, 0) is 0 Å². The molecule has 0 aromatic heterocycles. The topological polar surface area (TPSA) is 54.0 Å². The summed E-state index contributed by atoms with van der Waals surface area (Å²) in [6, 6.07) is 0. The van der Waals surface area contributed by atoms with Gasteiger partial charge in [0.2, 0.25) is 0 Å². The molecule has 0 bridgehead atoms. The minimum atomic E-state index is -2.51. The van der Waals surface area contributed by atoms with E-state index >= 15 is 0 Å². The van der Waals surface area contributed by atoms with Gasteiger partial charge in [0.25, 0.3) is 0 Å². The molecule has 0 aliphatic carbocycles. The molecule has 0 radical (unpaired) electrons. The Morgan fingerprint density at radius 1 is 0.870 bits per heavy atom. The maximum atomic E-state index is 12.4. The number of methoxy groups -OCH3 is 1. The Kier molecular flexibility index (Phi) is 12.1. The Bertz CT molecular complexity index is 318. The van der Waals surface area contributed by atoms with Crippen molar-refractivity contribution in [2.75, 3.05) is 64.8 Å². The van der Waals surface area contributed by atoms with Gasteiger partial charge in [0, 0.05) is 0 Å². The van der Waals surface area contributed by atoms with E-state index in [1.165, 1.54) is 0 Å². The van der Waals surface area contributed by atoms with Crippen molar-refractivity contribution >= 4 is 12.8 Å². The summed E-state index contributed by atoms with van der Waals surface area (Å²) in [5.41, 5.74) is 0. The van der Waals surface area contributed by atoms with Gasteiger partial charge < -0.3 is 0 Å². The van der Waals surface area contributed by atoms with Crippen LogP contribution in [-0.2, 0) is 23.5 Å². The van der Waals surface area contributed by atoms with Gasteiger partial charge in [-0.15, -0.1) is 0 Å². The molecular formula is C17H37O5P. The van der Waals surface area contributed by atoms with Crippen LogP contribution in [0.15, 0.2) is 0 Å². The van der Waals surface area contributed by atoms with Crippen LogP contribution < -0.4 is 0 Å². The van der Waals surface area contributed by atoms with Crippen molar-refractivity contribution in [3.8, 4) is 0 Å². The molecule has 0 heterocycles. The van der Waals surface area contributed by atoms with Crippen molar-refractivity contribution in [2.24, 2.45) is 0 Å². The Morgan fingerprint density at radius 3 is 2.09 bits per heavy atom. The number of hydrogen-bond acceptors (Lipinski definition) is 5. The molecule has 5 nitrogen and oxygen atoms in total. The molecule has 0 unspecified atom stereocenters. The molecule has 140 valence electrons. The molecule has 0 fully saturated rings. The van der Waals surface area contributed by atoms with Crippen LogP contribution in [0.2, 0.25) is 0 Å². The molecule has 0 spiro atoms. The normalized spacial score (nSPS) is 13.5. The Labute approximate surface area is 142 Å². The van der Waals surface area contributed by atoms with E-state index in [0.717, 1.165) is 31.1 Å². The van der Waals surface area contributed by atoms with E-state index in [0.29, 0.717) is 39.5 Å². The van der Waals surface area contributed by atoms with Crippen LogP contribution in [0, 0.1) is 0 Å². The van der Waals surface area contributed by atoms with Gasteiger partial charge in [-0.25, -0.2) is 0 Å². The summed E-state index contributed by atoms with van der Waals surface area (Å²) < 4.78 is 22.1. The average molecular weight is 352 g/mol. The molecular weight excluding hydrogens is 315 g/mol. The summed E-state index contributed by atoms with van der Waals surface area (Å²) in [4.78, 5) is 12.4. The Balaban J connectivity index is 4.74. The van der Waals surface area contributed by atoms with E-state index in [-0.39, 0.29) is 5.97 Å². The van der Waals surface area contributed by atoms with Crippen molar-refractivity contribution in [1.82, 2.24) is 0 Å². The van der Waals surface area contributed by atoms with Crippen LogP contribution in [0.5, 0.6) is 0 Å². The van der Waals surface area contributed by atoms with E-state index in [9.17, 15) is 4.79 Å². The molecule has 0 saturated carbocycles. The standard InChI is InChI=1S/C17H37O5P/c1-6-15-23(8-3,9-4,16-14-20-7-2)22-17(18)10-11-21-13-12-19-5/h6-16H2,1-5H3. The summed E-state index contributed by atoms with van der Waals surface area (Å²) >= 11 is 0. The third-order valence-corrected chi connectivity index (χ3v) is 11.4. The molecule has 23 heavy (non-hydrogen) atoms. The maximum absolute atomic E-state index is 12.4. The van der Waals surface area contributed by atoms with E-state index < -0.39 is 6.83 Å². The van der Waals surface area contributed by atoms with E-state index in [4.69, 9.17) is 18.7 Å². The quantitative estimate of drug-likeness (QED) is 0.333. The van der Waals surface area contributed by atoms with Crippen molar-refractivity contribution in [1.29, 1.82) is 0 Å². The Morgan fingerprint density at radius 2 is 1.57 bits per heavy atom. The summed E-state index contributed by atoms with van der Waals surface area (Å²) in [6.45, 7) is 8.78. The predicted molar refractivity (Wildman–Crippen MR) is 97.9 cm³/mol. The zero-order valence-corrected chi connectivity index (χ0v) is 16.7. The van der Waals surface area contributed by atoms with Crippen molar-refractivity contribution in [2.45, 2.75) is 40.5 Å². The predicted octanol–water partition coefficient (Wildman–Crippen LogP) is 3.54. The monoisotopic (exact) mass is 352 g/mol. The molecule has 0 rings (SSSR count). The van der Waals surface area contributed by atoms with Crippen molar-refractivity contribution in [3.05, 3.63) is 0 Å². The van der Waals surface area contributed by atoms with Crippen LogP contribution >= 0.6 is 6.83 Å². The summed E-state index contributed by atoms with van der Waals surface area (Å²) in [5, 5.41) is 0. The molecule has 0 N–H and O–H groups in total. The van der Waals surface area contributed by atoms with Crippen molar-refractivity contribution < 1.29 is 23.5 Å². The molecule has 0 atom stereocenters. The first-order chi connectivity index (χ1) is 11.0. The van der Waals surface area contributed by atoms with E-state index in [2.05, 4.69) is 20.8 Å². The van der Waals surface area contributed by atoms with Gasteiger partial charge in [0.05, 0.1) is 0 Å². The number of rotatable bonds is 15. The van der Waals surface area contributed by atoms with Crippen LogP contribution in [0.4, 0.5) is 0 Å². The second-order valence-electron chi connectivity index (χ2n) is 5.95. The van der Waals surface area contributed by atoms with E-state index in [1.54, 1.807) is 7.11 Å². The zero-order chi connectivity index (χ0) is 17.6. The number of carbonyl (C=O) groups excluding carboxylic acids is 1. The van der Waals surface area contributed by atoms with Gasteiger partial charge in [-0.3, -0.25) is 0 Å². The molecule has 6 heteroatoms. The van der Waals surface area contributed by atoms with Gasteiger partial charge in [-0.1, -0.05) is 0 Å². The zero-order valence-electron chi connectivity index (χ0n) is 15.8. The van der Waals surface area contributed by atoms with Crippen LogP contribution in [0.1, 0.15) is 40.5 Å². The van der Waals surface area contributed by atoms with Crippen LogP contribution in [0.3, 0.4) is 0 Å².